The zero-order chi connectivity index (χ0) is 14.2. The normalized spacial score (nSPS) is 13.8. The number of guanidine groups is 1. The second-order valence-electron chi connectivity index (χ2n) is 4.64. The highest BCUT2D eigenvalue weighted by atomic mass is 127. The summed E-state index contributed by atoms with van der Waals surface area (Å²) in [4.78, 5) is 6.51. The van der Waals surface area contributed by atoms with Crippen LogP contribution in [0.4, 0.5) is 5.69 Å². The summed E-state index contributed by atoms with van der Waals surface area (Å²) in [5.74, 6) is 0.790. The molecule has 0 aromatic heterocycles. The molecule has 0 radical (unpaired) electrons. The summed E-state index contributed by atoms with van der Waals surface area (Å²) in [5, 5.41) is 6.45. The molecule has 0 fully saturated rings. The molecule has 0 atom stereocenters. The van der Waals surface area contributed by atoms with E-state index in [0.29, 0.717) is 6.54 Å². The standard InChI is InChI=1S/C16H22N4.HI/c1-3-9-18-16(17-2)19-13-14-7-6-8-15(12-14)20-10-4-5-11-20;/h3-8,12H,1,9-11,13H2,2H3,(H2,17,18,19);1H. The third-order valence-electron chi connectivity index (χ3n) is 3.19. The molecular weight excluding hydrogens is 375 g/mol. The van der Waals surface area contributed by atoms with Crippen molar-refractivity contribution >= 4 is 35.6 Å². The van der Waals surface area contributed by atoms with E-state index in [-0.39, 0.29) is 24.0 Å². The summed E-state index contributed by atoms with van der Waals surface area (Å²) in [5.41, 5.74) is 2.51. The summed E-state index contributed by atoms with van der Waals surface area (Å²) in [6.45, 7) is 7.15. The van der Waals surface area contributed by atoms with Crippen molar-refractivity contribution in [3.63, 3.8) is 0 Å². The largest absolute Gasteiger partial charge is 0.364 e. The fourth-order valence-corrected chi connectivity index (χ4v) is 2.13. The van der Waals surface area contributed by atoms with Gasteiger partial charge in [0.2, 0.25) is 0 Å². The summed E-state index contributed by atoms with van der Waals surface area (Å²) >= 11 is 0. The van der Waals surface area contributed by atoms with E-state index in [1.54, 1.807) is 7.05 Å². The van der Waals surface area contributed by atoms with Crippen molar-refractivity contribution in [1.29, 1.82) is 0 Å². The van der Waals surface area contributed by atoms with Crippen LogP contribution in [0.5, 0.6) is 0 Å². The smallest absolute Gasteiger partial charge is 0.191 e. The Morgan fingerprint density at radius 1 is 1.33 bits per heavy atom. The third kappa shape index (κ3) is 5.41. The van der Waals surface area contributed by atoms with Gasteiger partial charge in [-0.05, 0) is 17.7 Å². The van der Waals surface area contributed by atoms with Gasteiger partial charge in [-0.2, -0.15) is 0 Å². The lowest BCUT2D eigenvalue weighted by atomic mass is 10.2. The predicted molar refractivity (Wildman–Crippen MR) is 102 cm³/mol. The molecule has 0 spiro atoms. The average Bonchev–Trinajstić information content (AvgIpc) is 3.02. The lowest BCUT2D eigenvalue weighted by molar-refractivity contribution is 0.846. The van der Waals surface area contributed by atoms with Crippen molar-refractivity contribution in [3.8, 4) is 0 Å². The van der Waals surface area contributed by atoms with Crippen LogP contribution < -0.4 is 15.5 Å². The van der Waals surface area contributed by atoms with E-state index in [4.69, 9.17) is 0 Å². The molecule has 1 heterocycles. The molecule has 0 amide bonds. The molecule has 0 bridgehead atoms. The summed E-state index contributed by atoms with van der Waals surface area (Å²) in [7, 11) is 1.77. The molecule has 1 aliphatic heterocycles. The van der Waals surface area contributed by atoms with Crippen LogP contribution in [-0.4, -0.2) is 32.6 Å². The zero-order valence-corrected chi connectivity index (χ0v) is 14.7. The van der Waals surface area contributed by atoms with E-state index >= 15 is 0 Å². The minimum Gasteiger partial charge on any atom is -0.364 e. The van der Waals surface area contributed by atoms with Crippen molar-refractivity contribution in [2.75, 3.05) is 31.6 Å². The molecule has 5 heteroatoms. The highest BCUT2D eigenvalue weighted by molar-refractivity contribution is 14.0. The second-order valence-corrected chi connectivity index (χ2v) is 4.64. The van der Waals surface area contributed by atoms with E-state index < -0.39 is 0 Å². The van der Waals surface area contributed by atoms with E-state index in [0.717, 1.165) is 25.6 Å². The van der Waals surface area contributed by atoms with Gasteiger partial charge in [0, 0.05) is 38.9 Å². The predicted octanol–water partition coefficient (Wildman–Crippen LogP) is 2.53. The van der Waals surface area contributed by atoms with Crippen LogP contribution in [0, 0.1) is 0 Å². The molecule has 21 heavy (non-hydrogen) atoms. The molecule has 1 aliphatic rings. The highest BCUT2D eigenvalue weighted by Crippen LogP contribution is 2.18. The van der Waals surface area contributed by atoms with Gasteiger partial charge in [-0.15, -0.1) is 30.6 Å². The van der Waals surface area contributed by atoms with E-state index in [1.807, 2.05) is 6.08 Å². The Bertz CT molecular complexity index is 503. The first kappa shape index (κ1) is 17.6. The van der Waals surface area contributed by atoms with Crippen LogP contribution in [0.15, 0.2) is 54.1 Å². The average molecular weight is 398 g/mol. The molecule has 2 N–H and O–H groups in total. The molecule has 2 rings (SSSR count). The van der Waals surface area contributed by atoms with Crippen molar-refractivity contribution in [3.05, 3.63) is 54.6 Å². The molecule has 0 saturated carbocycles. The van der Waals surface area contributed by atoms with E-state index in [2.05, 4.69) is 63.5 Å². The third-order valence-corrected chi connectivity index (χ3v) is 3.19. The van der Waals surface area contributed by atoms with Crippen LogP contribution in [0.1, 0.15) is 5.56 Å². The molecule has 4 nitrogen and oxygen atoms in total. The topological polar surface area (TPSA) is 39.7 Å². The monoisotopic (exact) mass is 398 g/mol. The Balaban J connectivity index is 0.00000220. The number of aliphatic imine (C=N–C) groups is 1. The van der Waals surface area contributed by atoms with Gasteiger partial charge in [0.25, 0.3) is 0 Å². The van der Waals surface area contributed by atoms with Gasteiger partial charge in [0.05, 0.1) is 0 Å². The molecule has 0 unspecified atom stereocenters. The van der Waals surface area contributed by atoms with Crippen LogP contribution in [0.2, 0.25) is 0 Å². The first-order valence-electron chi connectivity index (χ1n) is 6.88. The maximum Gasteiger partial charge on any atom is 0.191 e. The minimum absolute atomic E-state index is 0. The fraction of sp³-hybridized carbons (Fsp3) is 0.312. The van der Waals surface area contributed by atoms with Gasteiger partial charge in [-0.25, -0.2) is 0 Å². The van der Waals surface area contributed by atoms with Crippen LogP contribution in [0.25, 0.3) is 0 Å². The number of hydrogen-bond acceptors (Lipinski definition) is 2. The van der Waals surface area contributed by atoms with Crippen LogP contribution >= 0.6 is 24.0 Å². The number of nitrogens with one attached hydrogen (secondary N) is 2. The number of benzene rings is 1. The van der Waals surface area contributed by atoms with Gasteiger partial charge >= 0.3 is 0 Å². The summed E-state index contributed by atoms with van der Waals surface area (Å²) in [6.07, 6.45) is 6.21. The quantitative estimate of drug-likeness (QED) is 0.347. The maximum atomic E-state index is 4.17. The Hall–Kier alpha value is -1.50. The minimum atomic E-state index is 0. The number of anilines is 1. The lowest BCUT2D eigenvalue weighted by Gasteiger charge is -2.18. The Labute approximate surface area is 144 Å². The summed E-state index contributed by atoms with van der Waals surface area (Å²) < 4.78 is 0. The molecule has 0 saturated heterocycles. The second kappa shape index (κ2) is 9.44. The van der Waals surface area contributed by atoms with Gasteiger partial charge in [0.1, 0.15) is 0 Å². The molecule has 1 aromatic carbocycles. The maximum absolute atomic E-state index is 4.17. The fourth-order valence-electron chi connectivity index (χ4n) is 2.13. The number of hydrogen-bond donors (Lipinski definition) is 2. The van der Waals surface area contributed by atoms with Crippen molar-refractivity contribution < 1.29 is 0 Å². The highest BCUT2D eigenvalue weighted by Gasteiger charge is 2.07. The van der Waals surface area contributed by atoms with Gasteiger partial charge < -0.3 is 15.5 Å². The molecule has 0 aliphatic carbocycles. The number of rotatable bonds is 5. The Morgan fingerprint density at radius 3 is 2.76 bits per heavy atom. The van der Waals surface area contributed by atoms with Crippen molar-refractivity contribution in [2.45, 2.75) is 6.54 Å². The first-order chi connectivity index (χ1) is 9.83. The van der Waals surface area contributed by atoms with Crippen molar-refractivity contribution in [1.82, 2.24) is 10.6 Å². The SMILES string of the molecule is C=CCNC(=NC)NCc1cccc(N2CC=CC2)c1.I. The Morgan fingerprint density at radius 2 is 2.10 bits per heavy atom. The summed E-state index contributed by atoms with van der Waals surface area (Å²) in [6, 6.07) is 8.60. The molecule has 114 valence electrons. The van der Waals surface area contributed by atoms with E-state index in [1.165, 1.54) is 11.3 Å². The first-order valence-corrected chi connectivity index (χ1v) is 6.88. The lowest BCUT2D eigenvalue weighted by Crippen LogP contribution is -2.36. The number of halogens is 1. The van der Waals surface area contributed by atoms with Gasteiger partial charge in [0.15, 0.2) is 5.96 Å². The molecular formula is C16H23IN4. The number of nitrogens with zero attached hydrogens (tertiary/aromatic N) is 2. The van der Waals surface area contributed by atoms with Crippen LogP contribution in [-0.2, 0) is 6.54 Å². The van der Waals surface area contributed by atoms with Crippen LogP contribution in [0.3, 0.4) is 0 Å². The Kier molecular flexibility index (Phi) is 7.89. The molecule has 1 aromatic rings. The zero-order valence-electron chi connectivity index (χ0n) is 12.4. The van der Waals surface area contributed by atoms with E-state index in [9.17, 15) is 0 Å². The van der Waals surface area contributed by atoms with Gasteiger partial charge in [-0.3, -0.25) is 4.99 Å². The van der Waals surface area contributed by atoms with Gasteiger partial charge in [-0.1, -0.05) is 30.4 Å². The van der Waals surface area contributed by atoms with Crippen molar-refractivity contribution in [2.24, 2.45) is 4.99 Å².